The Morgan fingerprint density at radius 1 is 1.36 bits per heavy atom. The van der Waals surface area contributed by atoms with Crippen molar-refractivity contribution in [3.63, 3.8) is 0 Å². The lowest BCUT2D eigenvalue weighted by molar-refractivity contribution is 0.325. The normalized spacial score (nSPS) is 13.7. The van der Waals surface area contributed by atoms with Crippen molar-refractivity contribution in [3.8, 4) is 0 Å². The summed E-state index contributed by atoms with van der Waals surface area (Å²) in [6.07, 6.45) is 4.17. The van der Waals surface area contributed by atoms with Crippen molar-refractivity contribution in [2.45, 2.75) is 40.5 Å². The molecule has 0 aliphatic heterocycles. The fraction of sp³-hybridized carbons (Fsp3) is 0.800. The second-order valence-electron chi connectivity index (χ2n) is 4.14. The van der Waals surface area contributed by atoms with Crippen LogP contribution in [0.15, 0.2) is 11.6 Å². The van der Waals surface area contributed by atoms with Crippen LogP contribution in [0, 0.1) is 5.41 Å². The summed E-state index contributed by atoms with van der Waals surface area (Å²) >= 11 is 0. The number of hydrogen-bond acceptors (Lipinski definition) is 1. The van der Waals surface area contributed by atoms with Crippen molar-refractivity contribution in [1.29, 1.82) is 0 Å². The van der Waals surface area contributed by atoms with Crippen LogP contribution in [0.4, 0.5) is 0 Å². The van der Waals surface area contributed by atoms with E-state index >= 15 is 0 Å². The molecule has 66 valence electrons. The van der Waals surface area contributed by atoms with E-state index in [1.165, 1.54) is 0 Å². The van der Waals surface area contributed by atoms with Crippen LogP contribution in [0.25, 0.3) is 0 Å². The van der Waals surface area contributed by atoms with Gasteiger partial charge in [0, 0.05) is 0 Å². The zero-order valence-corrected chi connectivity index (χ0v) is 8.15. The van der Waals surface area contributed by atoms with Gasteiger partial charge in [0.1, 0.15) is 0 Å². The molecule has 0 aromatic carbocycles. The van der Waals surface area contributed by atoms with Crippen molar-refractivity contribution in [1.82, 2.24) is 0 Å². The molecule has 0 spiro atoms. The average molecular weight is 156 g/mol. The molecule has 0 amide bonds. The van der Waals surface area contributed by atoms with Crippen LogP contribution in [0.2, 0.25) is 0 Å². The lowest BCUT2D eigenvalue weighted by atomic mass is 9.91. The molecule has 0 fully saturated rings. The molecule has 1 N–H and O–H groups in total. The molecular formula is C10H20O. The van der Waals surface area contributed by atoms with Crippen LogP contribution in [-0.4, -0.2) is 11.7 Å². The maximum Gasteiger partial charge on any atom is 0.0641 e. The molecular weight excluding hydrogens is 136 g/mol. The van der Waals surface area contributed by atoms with Crippen LogP contribution in [-0.2, 0) is 0 Å². The largest absolute Gasteiger partial charge is 0.392 e. The summed E-state index contributed by atoms with van der Waals surface area (Å²) in [7, 11) is 0. The van der Waals surface area contributed by atoms with Gasteiger partial charge in [-0.05, 0) is 23.8 Å². The molecule has 0 atom stereocenters. The van der Waals surface area contributed by atoms with E-state index in [2.05, 4.69) is 33.8 Å². The fourth-order valence-electron chi connectivity index (χ4n) is 0.771. The minimum Gasteiger partial charge on any atom is -0.392 e. The van der Waals surface area contributed by atoms with Crippen molar-refractivity contribution in [3.05, 3.63) is 11.6 Å². The highest BCUT2D eigenvalue weighted by atomic mass is 16.3. The highest BCUT2D eigenvalue weighted by molar-refractivity contribution is 5.02. The van der Waals surface area contributed by atoms with E-state index in [9.17, 15) is 0 Å². The fourth-order valence-corrected chi connectivity index (χ4v) is 0.771. The molecule has 0 aliphatic carbocycles. The lowest BCUT2D eigenvalue weighted by Crippen LogP contribution is -2.03. The minimum atomic E-state index is 0.215. The third-order valence-electron chi connectivity index (χ3n) is 1.66. The summed E-state index contributed by atoms with van der Waals surface area (Å²) in [6.45, 7) is 8.90. The van der Waals surface area contributed by atoms with Gasteiger partial charge < -0.3 is 5.11 Å². The van der Waals surface area contributed by atoms with E-state index < -0.39 is 0 Å². The molecule has 0 aromatic heterocycles. The van der Waals surface area contributed by atoms with Crippen molar-refractivity contribution in [2.24, 2.45) is 5.41 Å². The van der Waals surface area contributed by atoms with Gasteiger partial charge in [-0.3, -0.25) is 0 Å². The summed E-state index contributed by atoms with van der Waals surface area (Å²) in [5.41, 5.74) is 1.50. The van der Waals surface area contributed by atoms with Gasteiger partial charge >= 0.3 is 0 Å². The monoisotopic (exact) mass is 156 g/mol. The van der Waals surface area contributed by atoms with E-state index in [1.54, 1.807) is 0 Å². The Kier molecular flexibility index (Phi) is 4.43. The molecule has 0 rings (SSSR count). The molecule has 1 heteroatoms. The van der Waals surface area contributed by atoms with E-state index in [4.69, 9.17) is 5.11 Å². The van der Waals surface area contributed by atoms with E-state index in [1.807, 2.05) is 0 Å². The number of aliphatic hydroxyl groups is 1. The smallest absolute Gasteiger partial charge is 0.0641 e. The zero-order valence-electron chi connectivity index (χ0n) is 8.15. The predicted octanol–water partition coefficient (Wildman–Crippen LogP) is 2.75. The maximum atomic E-state index is 8.85. The van der Waals surface area contributed by atoms with Crippen LogP contribution in [0.3, 0.4) is 0 Å². The van der Waals surface area contributed by atoms with Gasteiger partial charge in [0.2, 0.25) is 0 Å². The Balaban J connectivity index is 3.89. The first-order chi connectivity index (χ1) is 4.99. The molecule has 1 nitrogen and oxygen atoms in total. The second kappa shape index (κ2) is 4.55. The Morgan fingerprint density at radius 3 is 2.18 bits per heavy atom. The van der Waals surface area contributed by atoms with Gasteiger partial charge in [-0.15, -0.1) is 0 Å². The van der Waals surface area contributed by atoms with Crippen LogP contribution < -0.4 is 0 Å². The molecule has 0 aliphatic rings. The summed E-state index contributed by atoms with van der Waals surface area (Å²) in [6, 6.07) is 0. The standard InChI is InChI=1S/C10H20O/c1-5-9(8-11)6-7-10(2,3)4/h6,11H,5,7-8H2,1-4H3/b9-6-. The number of aliphatic hydroxyl groups excluding tert-OH is 1. The molecule has 0 radical (unpaired) electrons. The number of allylic oxidation sites excluding steroid dienone is 1. The van der Waals surface area contributed by atoms with Crippen molar-refractivity contribution >= 4 is 0 Å². The molecule has 0 unspecified atom stereocenters. The summed E-state index contributed by atoms with van der Waals surface area (Å²) < 4.78 is 0. The molecule has 0 bridgehead atoms. The average Bonchev–Trinajstić information content (AvgIpc) is 1.88. The van der Waals surface area contributed by atoms with Gasteiger partial charge in [-0.2, -0.15) is 0 Å². The SMILES string of the molecule is CC/C(=C/CC(C)(C)C)CO. The lowest BCUT2D eigenvalue weighted by Gasteiger charge is -2.15. The second-order valence-corrected chi connectivity index (χ2v) is 4.14. The highest BCUT2D eigenvalue weighted by Gasteiger charge is 2.07. The molecule has 0 heterocycles. The molecule has 0 saturated carbocycles. The first-order valence-corrected chi connectivity index (χ1v) is 4.28. The van der Waals surface area contributed by atoms with Crippen LogP contribution in [0.5, 0.6) is 0 Å². The Labute approximate surface area is 70.1 Å². The zero-order chi connectivity index (χ0) is 8.91. The number of hydrogen-bond donors (Lipinski definition) is 1. The number of rotatable bonds is 3. The van der Waals surface area contributed by atoms with Gasteiger partial charge in [0.05, 0.1) is 6.61 Å². The molecule has 0 saturated heterocycles. The quantitative estimate of drug-likeness (QED) is 0.623. The van der Waals surface area contributed by atoms with Crippen molar-refractivity contribution < 1.29 is 5.11 Å². The van der Waals surface area contributed by atoms with E-state index in [0.29, 0.717) is 5.41 Å². The third kappa shape index (κ3) is 6.11. The maximum absolute atomic E-state index is 8.85. The first kappa shape index (κ1) is 10.7. The van der Waals surface area contributed by atoms with Gasteiger partial charge in [-0.25, -0.2) is 0 Å². The van der Waals surface area contributed by atoms with E-state index in [-0.39, 0.29) is 6.61 Å². The summed E-state index contributed by atoms with van der Waals surface area (Å²) in [5, 5.41) is 8.85. The first-order valence-electron chi connectivity index (χ1n) is 4.28. The highest BCUT2D eigenvalue weighted by Crippen LogP contribution is 2.20. The predicted molar refractivity (Wildman–Crippen MR) is 49.5 cm³/mol. The van der Waals surface area contributed by atoms with Crippen LogP contribution >= 0.6 is 0 Å². The molecule has 0 aromatic rings. The van der Waals surface area contributed by atoms with E-state index in [0.717, 1.165) is 18.4 Å². The Morgan fingerprint density at radius 2 is 1.91 bits per heavy atom. The third-order valence-corrected chi connectivity index (χ3v) is 1.66. The Hall–Kier alpha value is -0.300. The Bertz CT molecular complexity index is 122. The van der Waals surface area contributed by atoms with Gasteiger partial charge in [0.25, 0.3) is 0 Å². The van der Waals surface area contributed by atoms with Gasteiger partial charge in [0.15, 0.2) is 0 Å². The summed E-state index contributed by atoms with van der Waals surface area (Å²) in [4.78, 5) is 0. The summed E-state index contributed by atoms with van der Waals surface area (Å²) in [5.74, 6) is 0. The van der Waals surface area contributed by atoms with Crippen molar-refractivity contribution in [2.75, 3.05) is 6.61 Å². The van der Waals surface area contributed by atoms with Gasteiger partial charge in [-0.1, -0.05) is 33.8 Å². The van der Waals surface area contributed by atoms with Crippen LogP contribution in [0.1, 0.15) is 40.5 Å². The topological polar surface area (TPSA) is 20.2 Å². The minimum absolute atomic E-state index is 0.215. The molecule has 11 heavy (non-hydrogen) atoms.